The lowest BCUT2D eigenvalue weighted by Gasteiger charge is -2.20. The van der Waals surface area contributed by atoms with Crippen LogP contribution in [-0.2, 0) is 9.53 Å². The molecule has 0 fully saturated rings. The summed E-state index contributed by atoms with van der Waals surface area (Å²) in [5, 5.41) is 0. The van der Waals surface area contributed by atoms with Crippen LogP contribution in [0, 0.1) is 0 Å². The van der Waals surface area contributed by atoms with Gasteiger partial charge in [-0.15, -0.1) is 0 Å². The Morgan fingerprint density at radius 3 is 2.39 bits per heavy atom. The minimum Gasteiger partial charge on any atom is -0.463 e. The molecule has 6 heteroatoms. The van der Waals surface area contributed by atoms with Gasteiger partial charge in [0, 0.05) is 16.1 Å². The van der Waals surface area contributed by atoms with E-state index < -0.39 is 8.07 Å². The minimum absolute atomic E-state index is 0.312. The Labute approximate surface area is 140 Å². The zero-order valence-electron chi connectivity index (χ0n) is 14.4. The van der Waals surface area contributed by atoms with Crippen LogP contribution >= 0.6 is 8.07 Å². The molecule has 0 amide bonds. The Hall–Kier alpha value is -1.83. The number of nitrogens with zero attached hydrogens (tertiary/aromatic N) is 3. The van der Waals surface area contributed by atoms with Crippen molar-refractivity contribution in [1.29, 1.82) is 0 Å². The van der Waals surface area contributed by atoms with Gasteiger partial charge in [-0.05, 0) is 46.1 Å². The molecule has 0 N–H and O–H groups in total. The van der Waals surface area contributed by atoms with Gasteiger partial charge >= 0.3 is 5.97 Å². The van der Waals surface area contributed by atoms with E-state index in [9.17, 15) is 4.79 Å². The third-order valence-electron chi connectivity index (χ3n) is 3.00. The number of esters is 1. The minimum atomic E-state index is -0.618. The summed E-state index contributed by atoms with van der Waals surface area (Å²) < 4.78 is 4.56. The number of rotatable bonds is 7. The first-order valence-electron chi connectivity index (χ1n) is 7.63. The van der Waals surface area contributed by atoms with Crippen LogP contribution in [0.3, 0.4) is 0 Å². The number of benzene rings is 1. The molecule has 126 valence electrons. The molecular weight excluding hydrogens is 309 g/mol. The van der Waals surface area contributed by atoms with Crippen molar-refractivity contribution in [2.45, 2.75) is 39.3 Å². The zero-order valence-corrected chi connectivity index (χ0v) is 15.3. The highest BCUT2D eigenvalue weighted by Gasteiger charge is 2.16. The van der Waals surface area contributed by atoms with Crippen molar-refractivity contribution in [2.75, 3.05) is 13.3 Å². The first-order chi connectivity index (χ1) is 11.0. The SMILES string of the molecule is C=C(C)C(=O)OCC.CCCC(c1ccccc1)P(C)N=[N+]=[N-]. The lowest BCUT2D eigenvalue weighted by Crippen LogP contribution is -2.03. The highest BCUT2D eigenvalue weighted by molar-refractivity contribution is 7.55. The lowest BCUT2D eigenvalue weighted by molar-refractivity contribution is -0.138. The van der Waals surface area contributed by atoms with E-state index in [0.717, 1.165) is 12.8 Å². The van der Waals surface area contributed by atoms with Crippen LogP contribution in [0.25, 0.3) is 10.4 Å². The molecule has 0 aliphatic carbocycles. The molecule has 0 saturated carbocycles. The Kier molecular flexibility index (Phi) is 11.7. The van der Waals surface area contributed by atoms with Crippen LogP contribution in [0.4, 0.5) is 0 Å². The van der Waals surface area contributed by atoms with Gasteiger partial charge in [-0.3, -0.25) is 0 Å². The van der Waals surface area contributed by atoms with E-state index >= 15 is 0 Å². The molecule has 0 aromatic heterocycles. The topological polar surface area (TPSA) is 75.1 Å². The van der Waals surface area contributed by atoms with E-state index in [-0.39, 0.29) is 5.97 Å². The van der Waals surface area contributed by atoms with Crippen molar-refractivity contribution >= 4 is 14.0 Å². The monoisotopic (exact) mass is 335 g/mol. The standard InChI is InChI=1S/C11H16N3P.C6H10O2/c1-3-7-11(15(2)14-13-12)10-8-5-4-6-9-10;1-4-8-6(7)5(2)3/h4-6,8-9,11H,3,7H2,1-2H3;2,4H2,1,3H3. The third-order valence-corrected chi connectivity index (χ3v) is 4.82. The van der Waals surface area contributed by atoms with Gasteiger partial charge in [-0.2, -0.15) is 0 Å². The molecule has 0 radical (unpaired) electrons. The van der Waals surface area contributed by atoms with Gasteiger partial charge in [0.2, 0.25) is 0 Å². The number of hydrogen-bond acceptors (Lipinski definition) is 3. The van der Waals surface area contributed by atoms with Crippen LogP contribution < -0.4 is 0 Å². The van der Waals surface area contributed by atoms with E-state index in [1.165, 1.54) is 5.56 Å². The first kappa shape index (κ1) is 21.2. The van der Waals surface area contributed by atoms with Crippen molar-refractivity contribution in [3.05, 3.63) is 58.5 Å². The smallest absolute Gasteiger partial charge is 0.333 e. The summed E-state index contributed by atoms with van der Waals surface area (Å²) in [6.07, 6.45) is 2.21. The van der Waals surface area contributed by atoms with Crippen LogP contribution in [0.15, 0.2) is 47.4 Å². The zero-order chi connectivity index (χ0) is 17.7. The molecule has 0 heterocycles. The molecule has 0 saturated heterocycles. The summed E-state index contributed by atoms with van der Waals surface area (Å²) in [5.41, 5.74) is 10.6. The van der Waals surface area contributed by atoms with Gasteiger partial charge in [0.15, 0.2) is 0 Å². The normalized spacial score (nSPS) is 12.0. The van der Waals surface area contributed by atoms with Crippen molar-refractivity contribution in [1.82, 2.24) is 0 Å². The maximum absolute atomic E-state index is 10.4. The van der Waals surface area contributed by atoms with E-state index in [4.69, 9.17) is 5.53 Å². The lowest BCUT2D eigenvalue weighted by atomic mass is 10.1. The van der Waals surface area contributed by atoms with Crippen molar-refractivity contribution in [3.8, 4) is 0 Å². The predicted octanol–water partition coefficient (Wildman–Crippen LogP) is 5.99. The summed E-state index contributed by atoms with van der Waals surface area (Å²) in [5.74, 6) is -0.312. The van der Waals surface area contributed by atoms with E-state index in [1.807, 2.05) is 24.9 Å². The fourth-order valence-electron chi connectivity index (χ4n) is 1.90. The largest absolute Gasteiger partial charge is 0.463 e. The molecule has 1 aromatic carbocycles. The molecule has 1 rings (SSSR count). The van der Waals surface area contributed by atoms with Crippen LogP contribution in [0.5, 0.6) is 0 Å². The van der Waals surface area contributed by atoms with E-state index in [2.05, 4.69) is 40.2 Å². The van der Waals surface area contributed by atoms with Crippen molar-refractivity contribution < 1.29 is 9.53 Å². The predicted molar refractivity (Wildman–Crippen MR) is 97.5 cm³/mol. The van der Waals surface area contributed by atoms with Gasteiger partial charge in [0.25, 0.3) is 0 Å². The fourth-order valence-corrected chi connectivity index (χ4v) is 3.38. The highest BCUT2D eigenvalue weighted by atomic mass is 31.1. The van der Waals surface area contributed by atoms with Gasteiger partial charge in [-0.1, -0.05) is 55.1 Å². The average molecular weight is 335 g/mol. The fraction of sp³-hybridized carbons (Fsp3) is 0.471. The third kappa shape index (κ3) is 9.02. The summed E-state index contributed by atoms with van der Waals surface area (Å²) in [7, 11) is -0.618. The number of ether oxygens (including phenoxy) is 1. The summed E-state index contributed by atoms with van der Waals surface area (Å²) in [6.45, 7) is 11.4. The molecule has 5 nitrogen and oxygen atoms in total. The van der Waals surface area contributed by atoms with Gasteiger partial charge in [-0.25, -0.2) is 4.79 Å². The second-order valence-corrected chi connectivity index (χ2v) is 6.92. The molecule has 2 unspecified atom stereocenters. The molecule has 23 heavy (non-hydrogen) atoms. The second-order valence-electron chi connectivity index (χ2n) is 4.97. The quantitative estimate of drug-likeness (QED) is 0.153. The van der Waals surface area contributed by atoms with Crippen LogP contribution in [0.2, 0.25) is 0 Å². The number of carbonyl (C=O) groups excluding carboxylic acids is 1. The number of azide groups is 1. The second kappa shape index (κ2) is 12.7. The molecule has 0 aliphatic heterocycles. The molecule has 0 aliphatic rings. The van der Waals surface area contributed by atoms with Crippen LogP contribution in [0.1, 0.15) is 44.8 Å². The Bertz CT molecular complexity index is 528. The maximum Gasteiger partial charge on any atom is 0.333 e. The van der Waals surface area contributed by atoms with Gasteiger partial charge in [0.1, 0.15) is 0 Å². The van der Waals surface area contributed by atoms with Gasteiger partial charge in [0.05, 0.1) is 6.61 Å². The summed E-state index contributed by atoms with van der Waals surface area (Å²) >= 11 is 0. The Morgan fingerprint density at radius 1 is 1.39 bits per heavy atom. The first-order valence-corrected chi connectivity index (χ1v) is 9.44. The molecule has 0 spiro atoms. The average Bonchev–Trinajstić information content (AvgIpc) is 2.54. The van der Waals surface area contributed by atoms with Crippen LogP contribution in [-0.4, -0.2) is 19.2 Å². The van der Waals surface area contributed by atoms with E-state index in [1.54, 1.807) is 13.8 Å². The summed E-state index contributed by atoms with van der Waals surface area (Å²) in [6, 6.07) is 10.3. The molecule has 2 atom stereocenters. The van der Waals surface area contributed by atoms with E-state index in [0.29, 0.717) is 17.8 Å². The Morgan fingerprint density at radius 2 is 2.00 bits per heavy atom. The number of carbonyl (C=O) groups is 1. The summed E-state index contributed by atoms with van der Waals surface area (Å²) in [4.78, 5) is 17.2. The van der Waals surface area contributed by atoms with Crippen molar-refractivity contribution in [2.24, 2.45) is 4.88 Å². The molecular formula is C17H26N3O2P. The molecule has 0 bridgehead atoms. The highest BCUT2D eigenvalue weighted by Crippen LogP contribution is 2.51. The number of hydrogen-bond donors (Lipinski definition) is 0. The molecule has 1 aromatic rings. The van der Waals surface area contributed by atoms with Crippen molar-refractivity contribution in [3.63, 3.8) is 0 Å². The maximum atomic E-state index is 10.4. The van der Waals surface area contributed by atoms with Gasteiger partial charge < -0.3 is 4.74 Å². The Balaban J connectivity index is 0.000000515.